The highest BCUT2D eigenvalue weighted by molar-refractivity contribution is 6.42. The van der Waals surface area contributed by atoms with Crippen LogP contribution < -0.4 is 5.32 Å². The summed E-state index contributed by atoms with van der Waals surface area (Å²) in [6.07, 6.45) is 5.60. The molecule has 270 valence electrons. The molecule has 2 atom stereocenters. The van der Waals surface area contributed by atoms with Gasteiger partial charge in [0.1, 0.15) is 17.2 Å². The van der Waals surface area contributed by atoms with Gasteiger partial charge < -0.3 is 24.8 Å². The molecule has 2 aromatic rings. The number of likely N-dealkylation sites (tertiary alicyclic amines) is 2. The topological polar surface area (TPSA) is 85.4 Å². The summed E-state index contributed by atoms with van der Waals surface area (Å²) in [5.41, 5.74) is 0.795. The lowest BCUT2D eigenvalue weighted by Crippen LogP contribution is -2.64. The van der Waals surface area contributed by atoms with E-state index in [1.807, 2.05) is 56.6 Å². The zero-order valence-electron chi connectivity index (χ0n) is 30.1. The normalized spacial score (nSPS) is 18.3. The predicted octanol–water partition coefficient (Wildman–Crippen LogP) is 6.47. The van der Waals surface area contributed by atoms with Crippen molar-refractivity contribution in [2.24, 2.45) is 0 Å². The molecule has 0 aliphatic carbocycles. The minimum Gasteiger partial charge on any atom is -0.444 e. The van der Waals surface area contributed by atoms with Gasteiger partial charge in [-0.3, -0.25) is 14.5 Å². The van der Waals surface area contributed by atoms with Crippen LogP contribution in [-0.2, 0) is 20.7 Å². The van der Waals surface area contributed by atoms with E-state index in [2.05, 4.69) is 15.1 Å². The fourth-order valence-electron chi connectivity index (χ4n) is 7.20. The smallest absolute Gasteiger partial charge is 0.408 e. The SMILES string of the molecule is CN(C)C(=O)C1(N2CCCCC2)CCN(CCC(CN(C)C(=O)C(Cc2ccccc2)NC(=O)OC(C)(C)C)c2ccc(Cl)c(Cl)c2)CC1. The Balaban J connectivity index is 1.48. The lowest BCUT2D eigenvalue weighted by atomic mass is 9.82. The van der Waals surface area contributed by atoms with Crippen molar-refractivity contribution in [2.45, 2.75) is 88.8 Å². The van der Waals surface area contributed by atoms with E-state index in [0.29, 0.717) is 23.0 Å². The molecule has 2 aliphatic heterocycles. The van der Waals surface area contributed by atoms with Gasteiger partial charge in [0.25, 0.3) is 0 Å². The number of likely N-dealkylation sites (N-methyl/N-ethyl adjacent to an activating group) is 2. The number of carbonyl (C=O) groups is 3. The van der Waals surface area contributed by atoms with Crippen LogP contribution in [0.4, 0.5) is 4.79 Å². The molecule has 11 heteroatoms. The molecule has 4 rings (SSSR count). The van der Waals surface area contributed by atoms with Gasteiger partial charge in [-0.05, 0) is 95.8 Å². The molecule has 49 heavy (non-hydrogen) atoms. The Morgan fingerprint density at radius 3 is 2.16 bits per heavy atom. The first kappa shape index (κ1) is 38.9. The van der Waals surface area contributed by atoms with Gasteiger partial charge in [-0.25, -0.2) is 4.79 Å². The highest BCUT2D eigenvalue weighted by Gasteiger charge is 2.47. The van der Waals surface area contributed by atoms with Crippen molar-refractivity contribution in [3.8, 4) is 0 Å². The van der Waals surface area contributed by atoms with Crippen LogP contribution in [-0.4, -0.2) is 115 Å². The summed E-state index contributed by atoms with van der Waals surface area (Å²) >= 11 is 12.8. The van der Waals surface area contributed by atoms with Crippen molar-refractivity contribution in [3.63, 3.8) is 0 Å². The number of hydrogen-bond acceptors (Lipinski definition) is 6. The summed E-state index contributed by atoms with van der Waals surface area (Å²) in [6, 6.07) is 14.5. The van der Waals surface area contributed by atoms with Gasteiger partial charge in [-0.1, -0.05) is 66.0 Å². The number of ether oxygens (including phenoxy) is 1. The van der Waals surface area contributed by atoms with E-state index in [4.69, 9.17) is 27.9 Å². The van der Waals surface area contributed by atoms with Crippen molar-refractivity contribution < 1.29 is 19.1 Å². The maximum Gasteiger partial charge on any atom is 0.408 e. The molecule has 0 aromatic heterocycles. The van der Waals surface area contributed by atoms with E-state index in [-0.39, 0.29) is 17.7 Å². The molecule has 0 spiro atoms. The fraction of sp³-hybridized carbons (Fsp3) is 0.605. The van der Waals surface area contributed by atoms with Crippen LogP contribution in [0.3, 0.4) is 0 Å². The summed E-state index contributed by atoms with van der Waals surface area (Å²) in [5, 5.41) is 3.78. The highest BCUT2D eigenvalue weighted by Crippen LogP contribution is 2.34. The maximum atomic E-state index is 14.0. The number of amides is 3. The average Bonchev–Trinajstić information content (AvgIpc) is 3.07. The molecule has 0 bridgehead atoms. The first-order valence-electron chi connectivity index (χ1n) is 17.6. The Bertz CT molecular complexity index is 1400. The minimum atomic E-state index is -0.809. The second kappa shape index (κ2) is 17.4. The van der Waals surface area contributed by atoms with Crippen LogP contribution in [0.1, 0.15) is 76.3 Å². The zero-order valence-corrected chi connectivity index (χ0v) is 31.7. The third-order valence-electron chi connectivity index (χ3n) is 9.80. The van der Waals surface area contributed by atoms with Crippen LogP contribution in [0.5, 0.6) is 0 Å². The maximum absolute atomic E-state index is 14.0. The Morgan fingerprint density at radius 1 is 0.918 bits per heavy atom. The first-order chi connectivity index (χ1) is 23.2. The van der Waals surface area contributed by atoms with Gasteiger partial charge in [0.2, 0.25) is 11.8 Å². The van der Waals surface area contributed by atoms with Crippen LogP contribution in [0.25, 0.3) is 0 Å². The number of nitrogens with zero attached hydrogens (tertiary/aromatic N) is 4. The molecule has 2 aliphatic rings. The van der Waals surface area contributed by atoms with Crippen molar-refractivity contribution in [3.05, 3.63) is 69.7 Å². The minimum absolute atomic E-state index is 0.0418. The summed E-state index contributed by atoms with van der Waals surface area (Å²) in [7, 11) is 5.52. The fourth-order valence-corrected chi connectivity index (χ4v) is 7.51. The summed E-state index contributed by atoms with van der Waals surface area (Å²) in [5.74, 6) is -0.0287. The molecule has 2 saturated heterocycles. The van der Waals surface area contributed by atoms with E-state index in [0.717, 1.165) is 76.0 Å². The monoisotopic (exact) mass is 715 g/mol. The van der Waals surface area contributed by atoms with E-state index in [1.54, 1.807) is 43.7 Å². The van der Waals surface area contributed by atoms with E-state index >= 15 is 0 Å². The van der Waals surface area contributed by atoms with E-state index in [1.165, 1.54) is 6.42 Å². The summed E-state index contributed by atoms with van der Waals surface area (Å²) in [6.45, 7) is 10.2. The number of hydrogen-bond donors (Lipinski definition) is 1. The Morgan fingerprint density at radius 2 is 1.57 bits per heavy atom. The highest BCUT2D eigenvalue weighted by atomic mass is 35.5. The van der Waals surface area contributed by atoms with Crippen molar-refractivity contribution in [2.75, 3.05) is 60.4 Å². The lowest BCUT2D eigenvalue weighted by Gasteiger charge is -2.50. The largest absolute Gasteiger partial charge is 0.444 e. The molecule has 2 heterocycles. The average molecular weight is 717 g/mol. The number of rotatable bonds is 12. The quantitative estimate of drug-likeness (QED) is 0.271. The Labute approximate surface area is 303 Å². The molecule has 9 nitrogen and oxygen atoms in total. The van der Waals surface area contributed by atoms with E-state index in [9.17, 15) is 14.4 Å². The van der Waals surface area contributed by atoms with Gasteiger partial charge in [-0.2, -0.15) is 0 Å². The van der Waals surface area contributed by atoms with Gasteiger partial charge >= 0.3 is 6.09 Å². The van der Waals surface area contributed by atoms with Crippen LogP contribution in [0.15, 0.2) is 48.5 Å². The number of alkyl carbamates (subject to hydrolysis) is 1. The van der Waals surface area contributed by atoms with Crippen molar-refractivity contribution in [1.82, 2.24) is 24.9 Å². The number of benzene rings is 2. The third-order valence-corrected chi connectivity index (χ3v) is 10.5. The molecule has 3 amide bonds. The third kappa shape index (κ3) is 10.8. The standard InChI is InChI=1S/C38H55Cl2N5O4/c1-37(2,3)49-36(48)41-33(25-28-13-9-7-10-14-28)34(46)43(6)27-30(29-15-16-31(39)32(40)26-29)17-22-44-23-18-38(19-24-44,35(47)42(4)5)45-20-11-8-12-21-45/h7,9-10,13-16,26,30,33H,8,11-12,17-25,27H2,1-6H3,(H,41,48). The van der Waals surface area contributed by atoms with Gasteiger partial charge in [0.15, 0.2) is 0 Å². The molecule has 2 aromatic carbocycles. The van der Waals surface area contributed by atoms with Crippen LogP contribution in [0.2, 0.25) is 10.0 Å². The number of halogens is 2. The zero-order chi connectivity index (χ0) is 35.8. The second-order valence-electron chi connectivity index (χ2n) is 14.9. The van der Waals surface area contributed by atoms with Crippen molar-refractivity contribution in [1.29, 1.82) is 0 Å². The number of piperidine rings is 2. The molecular weight excluding hydrogens is 661 g/mol. The van der Waals surface area contributed by atoms with Crippen LogP contribution in [0, 0.1) is 0 Å². The number of nitrogens with one attached hydrogen (secondary N) is 1. The van der Waals surface area contributed by atoms with Crippen LogP contribution >= 0.6 is 23.2 Å². The van der Waals surface area contributed by atoms with Crippen molar-refractivity contribution >= 4 is 41.1 Å². The molecule has 1 N–H and O–H groups in total. The van der Waals surface area contributed by atoms with Gasteiger partial charge in [-0.15, -0.1) is 0 Å². The summed E-state index contributed by atoms with van der Waals surface area (Å²) < 4.78 is 5.52. The van der Waals surface area contributed by atoms with Gasteiger partial charge in [0, 0.05) is 53.1 Å². The molecule has 2 unspecified atom stereocenters. The van der Waals surface area contributed by atoms with Gasteiger partial charge in [0.05, 0.1) is 10.0 Å². The second-order valence-corrected chi connectivity index (χ2v) is 15.7. The Hall–Kier alpha value is -2.85. The summed E-state index contributed by atoms with van der Waals surface area (Å²) in [4.78, 5) is 48.8. The molecule has 0 radical (unpaired) electrons. The lowest BCUT2D eigenvalue weighted by molar-refractivity contribution is -0.147. The van der Waals surface area contributed by atoms with E-state index < -0.39 is 23.3 Å². The molecule has 2 fully saturated rings. The number of carbonyl (C=O) groups excluding carboxylic acids is 3. The first-order valence-corrected chi connectivity index (χ1v) is 18.4. The molecule has 0 saturated carbocycles. The predicted molar refractivity (Wildman–Crippen MR) is 197 cm³/mol. The Kier molecular flexibility index (Phi) is 13.8. The molecular formula is C38H55Cl2N5O4.